The average Bonchev–Trinajstić information content (AvgIpc) is 2.46. The first-order valence-corrected chi connectivity index (χ1v) is 6.87. The van der Waals surface area contributed by atoms with Crippen LogP contribution in [0.15, 0.2) is 48.5 Å². The minimum atomic E-state index is -0.191. The Kier molecular flexibility index (Phi) is 5.13. The summed E-state index contributed by atoms with van der Waals surface area (Å²) in [5, 5.41) is 3.27. The molecule has 0 spiro atoms. The lowest BCUT2D eigenvalue weighted by molar-refractivity contribution is 0.340. The first kappa shape index (κ1) is 14.5. The number of rotatable bonds is 6. The van der Waals surface area contributed by atoms with E-state index in [1.807, 2.05) is 44.3 Å². The van der Waals surface area contributed by atoms with E-state index in [1.165, 1.54) is 11.6 Å². The Morgan fingerprint density at radius 3 is 2.50 bits per heavy atom. The second-order valence-electron chi connectivity index (χ2n) is 4.68. The van der Waals surface area contributed by atoms with Crippen molar-refractivity contribution in [3.63, 3.8) is 0 Å². The topological polar surface area (TPSA) is 21.3 Å². The lowest BCUT2D eigenvalue weighted by atomic mass is 9.99. The van der Waals surface area contributed by atoms with E-state index in [1.54, 1.807) is 12.1 Å². The maximum Gasteiger partial charge on any atom is 0.123 e. The van der Waals surface area contributed by atoms with Crippen LogP contribution in [0, 0.1) is 5.82 Å². The molecule has 0 aliphatic carbocycles. The van der Waals surface area contributed by atoms with Gasteiger partial charge in [-0.15, -0.1) is 0 Å². The molecule has 0 saturated carbocycles. The number of likely N-dealkylation sites (N-methyl/N-ethyl adjacent to an activating group) is 1. The molecule has 0 radical (unpaired) electrons. The lowest BCUT2D eigenvalue weighted by Gasteiger charge is -2.17. The molecule has 106 valence electrons. The Hall–Kier alpha value is -1.87. The van der Waals surface area contributed by atoms with Crippen LogP contribution in [0.5, 0.6) is 5.75 Å². The summed E-state index contributed by atoms with van der Waals surface area (Å²) < 4.78 is 18.7. The van der Waals surface area contributed by atoms with Crippen LogP contribution in [0.25, 0.3) is 0 Å². The maximum absolute atomic E-state index is 13.2. The molecule has 1 atom stereocenters. The molecular formula is C17H20FNO. The van der Waals surface area contributed by atoms with Crippen LogP contribution in [0.2, 0.25) is 0 Å². The van der Waals surface area contributed by atoms with Crippen molar-refractivity contribution in [1.29, 1.82) is 0 Å². The van der Waals surface area contributed by atoms with Crippen molar-refractivity contribution in [2.75, 3.05) is 13.7 Å². The third-order valence-corrected chi connectivity index (χ3v) is 3.27. The second kappa shape index (κ2) is 7.06. The summed E-state index contributed by atoms with van der Waals surface area (Å²) in [5.74, 6) is 0.681. The summed E-state index contributed by atoms with van der Waals surface area (Å²) in [4.78, 5) is 0. The molecule has 3 heteroatoms. The van der Waals surface area contributed by atoms with Crippen molar-refractivity contribution in [1.82, 2.24) is 5.32 Å². The van der Waals surface area contributed by atoms with E-state index < -0.39 is 0 Å². The van der Waals surface area contributed by atoms with E-state index in [2.05, 4.69) is 5.32 Å². The van der Waals surface area contributed by atoms with Gasteiger partial charge in [-0.25, -0.2) is 4.39 Å². The van der Waals surface area contributed by atoms with Gasteiger partial charge in [0.1, 0.15) is 11.6 Å². The Labute approximate surface area is 119 Å². The molecule has 0 amide bonds. The molecule has 0 saturated heterocycles. The summed E-state index contributed by atoms with van der Waals surface area (Å²) in [6.45, 7) is 2.63. The van der Waals surface area contributed by atoms with Gasteiger partial charge in [0.05, 0.1) is 6.61 Å². The first-order valence-electron chi connectivity index (χ1n) is 6.87. The van der Waals surface area contributed by atoms with E-state index in [0.29, 0.717) is 6.61 Å². The maximum atomic E-state index is 13.2. The third kappa shape index (κ3) is 3.81. The van der Waals surface area contributed by atoms with Crippen molar-refractivity contribution >= 4 is 0 Å². The van der Waals surface area contributed by atoms with Crippen LogP contribution < -0.4 is 10.1 Å². The molecule has 1 unspecified atom stereocenters. The van der Waals surface area contributed by atoms with Crippen molar-refractivity contribution in [3.05, 3.63) is 65.5 Å². The molecule has 0 fully saturated rings. The van der Waals surface area contributed by atoms with Gasteiger partial charge in [-0.2, -0.15) is 0 Å². The molecule has 0 bridgehead atoms. The molecule has 20 heavy (non-hydrogen) atoms. The molecule has 2 rings (SSSR count). The molecular weight excluding hydrogens is 253 g/mol. The number of nitrogens with one attached hydrogen (secondary N) is 1. The number of halogens is 1. The van der Waals surface area contributed by atoms with Gasteiger partial charge in [0.25, 0.3) is 0 Å². The second-order valence-corrected chi connectivity index (χ2v) is 4.68. The fourth-order valence-electron chi connectivity index (χ4n) is 2.25. The van der Waals surface area contributed by atoms with Gasteiger partial charge in [0.2, 0.25) is 0 Å². The molecule has 0 heterocycles. The Bertz CT molecular complexity index is 539. The molecule has 0 aromatic heterocycles. The number of hydrogen-bond acceptors (Lipinski definition) is 2. The monoisotopic (exact) mass is 273 g/mol. The normalized spacial score (nSPS) is 12.2. The van der Waals surface area contributed by atoms with Crippen LogP contribution in [0.3, 0.4) is 0 Å². The van der Waals surface area contributed by atoms with E-state index in [9.17, 15) is 4.39 Å². The Morgan fingerprint density at radius 1 is 1.15 bits per heavy atom. The Morgan fingerprint density at radius 2 is 1.90 bits per heavy atom. The first-order chi connectivity index (χ1) is 9.72. The largest absolute Gasteiger partial charge is 0.494 e. The third-order valence-electron chi connectivity index (χ3n) is 3.27. The standard InChI is InChI=1S/C17H20FNO/c1-3-20-16-9-7-14(8-10-16)17(19-2)12-13-5-4-6-15(18)11-13/h4-11,17,19H,3,12H2,1-2H3. The van der Waals surface area contributed by atoms with Crippen molar-refractivity contribution in [2.24, 2.45) is 0 Å². The smallest absolute Gasteiger partial charge is 0.123 e. The van der Waals surface area contributed by atoms with Gasteiger partial charge >= 0.3 is 0 Å². The zero-order chi connectivity index (χ0) is 14.4. The summed E-state index contributed by atoms with van der Waals surface area (Å²) >= 11 is 0. The predicted octanol–water partition coefficient (Wildman–Crippen LogP) is 3.73. The van der Waals surface area contributed by atoms with Crippen molar-refractivity contribution in [3.8, 4) is 5.75 Å². The molecule has 2 aromatic carbocycles. The summed E-state index contributed by atoms with van der Waals surface area (Å²) in [7, 11) is 1.92. The number of hydrogen-bond donors (Lipinski definition) is 1. The summed E-state index contributed by atoms with van der Waals surface area (Å²) in [6, 6.07) is 14.9. The minimum Gasteiger partial charge on any atom is -0.494 e. The van der Waals surface area contributed by atoms with Crippen LogP contribution in [-0.4, -0.2) is 13.7 Å². The van der Waals surface area contributed by atoms with Crippen LogP contribution >= 0.6 is 0 Å². The van der Waals surface area contributed by atoms with Gasteiger partial charge in [-0.05, 0) is 55.8 Å². The Balaban J connectivity index is 2.11. The number of ether oxygens (including phenoxy) is 1. The fourth-order valence-corrected chi connectivity index (χ4v) is 2.25. The highest BCUT2D eigenvalue weighted by molar-refractivity contribution is 5.30. The van der Waals surface area contributed by atoms with E-state index >= 15 is 0 Å². The fraction of sp³-hybridized carbons (Fsp3) is 0.294. The summed E-state index contributed by atoms with van der Waals surface area (Å²) in [6.07, 6.45) is 0.752. The molecule has 2 nitrogen and oxygen atoms in total. The van der Waals surface area contributed by atoms with E-state index in [4.69, 9.17) is 4.74 Å². The molecule has 1 N–H and O–H groups in total. The molecule has 2 aromatic rings. The summed E-state index contributed by atoms with van der Waals surface area (Å²) in [5.41, 5.74) is 2.15. The van der Waals surface area contributed by atoms with Crippen molar-refractivity contribution in [2.45, 2.75) is 19.4 Å². The quantitative estimate of drug-likeness (QED) is 0.866. The SMILES string of the molecule is CCOc1ccc(C(Cc2cccc(F)c2)NC)cc1. The van der Waals surface area contributed by atoms with Crippen LogP contribution in [-0.2, 0) is 6.42 Å². The number of benzene rings is 2. The van der Waals surface area contributed by atoms with Crippen LogP contribution in [0.1, 0.15) is 24.1 Å². The van der Waals surface area contributed by atoms with Gasteiger partial charge in [0.15, 0.2) is 0 Å². The predicted molar refractivity (Wildman–Crippen MR) is 79.5 cm³/mol. The zero-order valence-corrected chi connectivity index (χ0v) is 11.9. The average molecular weight is 273 g/mol. The molecule has 0 aliphatic heterocycles. The van der Waals surface area contributed by atoms with Crippen LogP contribution in [0.4, 0.5) is 4.39 Å². The van der Waals surface area contributed by atoms with Gasteiger partial charge < -0.3 is 10.1 Å². The van der Waals surface area contributed by atoms with Crippen molar-refractivity contribution < 1.29 is 9.13 Å². The van der Waals surface area contributed by atoms with E-state index in [0.717, 1.165) is 17.7 Å². The lowest BCUT2D eigenvalue weighted by Crippen LogP contribution is -2.18. The highest BCUT2D eigenvalue weighted by Gasteiger charge is 2.10. The van der Waals surface area contributed by atoms with E-state index in [-0.39, 0.29) is 11.9 Å². The van der Waals surface area contributed by atoms with Gasteiger partial charge in [0, 0.05) is 6.04 Å². The highest BCUT2D eigenvalue weighted by atomic mass is 19.1. The zero-order valence-electron chi connectivity index (χ0n) is 11.9. The van der Waals surface area contributed by atoms with Gasteiger partial charge in [-0.3, -0.25) is 0 Å². The minimum absolute atomic E-state index is 0.160. The van der Waals surface area contributed by atoms with Gasteiger partial charge in [-0.1, -0.05) is 24.3 Å². The highest BCUT2D eigenvalue weighted by Crippen LogP contribution is 2.21. The molecule has 0 aliphatic rings.